The highest BCUT2D eigenvalue weighted by Crippen LogP contribution is 2.25. The molecule has 136 valence electrons. The molecule has 0 aromatic heterocycles. The lowest BCUT2D eigenvalue weighted by Gasteiger charge is -2.11. The van der Waals surface area contributed by atoms with Gasteiger partial charge in [0.2, 0.25) is 5.91 Å². The quantitative estimate of drug-likeness (QED) is 0.409. The van der Waals surface area contributed by atoms with E-state index in [1.165, 1.54) is 7.11 Å². The number of hydrazone groups is 1. The summed E-state index contributed by atoms with van der Waals surface area (Å²) in [4.78, 5) is 35.1. The van der Waals surface area contributed by atoms with Crippen LogP contribution >= 0.6 is 0 Å². The van der Waals surface area contributed by atoms with E-state index >= 15 is 0 Å². The SMILES string of the molecule is COc1ccc(C)cc1NC(=O)CC(C)=NNC(=O)C(=O)NC(C)C. The van der Waals surface area contributed by atoms with E-state index in [-0.39, 0.29) is 18.4 Å². The molecule has 0 aliphatic rings. The maximum Gasteiger partial charge on any atom is 0.329 e. The van der Waals surface area contributed by atoms with Crippen LogP contribution in [0, 0.1) is 6.92 Å². The number of hydrogen-bond donors (Lipinski definition) is 3. The minimum absolute atomic E-state index is 0.0385. The van der Waals surface area contributed by atoms with Gasteiger partial charge in [-0.25, -0.2) is 5.43 Å². The van der Waals surface area contributed by atoms with Gasteiger partial charge in [-0.15, -0.1) is 0 Å². The lowest BCUT2D eigenvalue weighted by atomic mass is 10.2. The van der Waals surface area contributed by atoms with Crippen LogP contribution in [0.2, 0.25) is 0 Å². The van der Waals surface area contributed by atoms with Crippen molar-refractivity contribution in [2.45, 2.75) is 40.2 Å². The number of nitrogens with zero attached hydrogens (tertiary/aromatic N) is 1. The Kier molecular flexibility index (Phi) is 7.58. The molecule has 3 N–H and O–H groups in total. The van der Waals surface area contributed by atoms with E-state index in [2.05, 4.69) is 21.2 Å². The Morgan fingerprint density at radius 3 is 2.48 bits per heavy atom. The van der Waals surface area contributed by atoms with Gasteiger partial charge >= 0.3 is 11.8 Å². The van der Waals surface area contributed by atoms with Gasteiger partial charge in [0.15, 0.2) is 0 Å². The lowest BCUT2D eigenvalue weighted by Crippen LogP contribution is -2.41. The first-order valence-electron chi connectivity index (χ1n) is 7.81. The molecule has 1 aromatic rings. The first-order chi connectivity index (χ1) is 11.7. The third kappa shape index (κ3) is 7.03. The molecule has 3 amide bonds. The summed E-state index contributed by atoms with van der Waals surface area (Å²) < 4.78 is 5.20. The third-order valence-corrected chi connectivity index (χ3v) is 3.02. The Labute approximate surface area is 147 Å². The predicted molar refractivity (Wildman–Crippen MR) is 95.5 cm³/mol. The number of anilines is 1. The summed E-state index contributed by atoms with van der Waals surface area (Å²) in [6.07, 6.45) is -0.0385. The number of benzene rings is 1. The zero-order valence-corrected chi connectivity index (χ0v) is 15.1. The van der Waals surface area contributed by atoms with Gasteiger partial charge < -0.3 is 15.4 Å². The van der Waals surface area contributed by atoms with Crippen LogP contribution in [0.15, 0.2) is 23.3 Å². The number of methoxy groups -OCH3 is 1. The summed E-state index contributed by atoms with van der Waals surface area (Å²) >= 11 is 0. The topological polar surface area (TPSA) is 109 Å². The van der Waals surface area contributed by atoms with E-state index in [4.69, 9.17) is 4.74 Å². The Balaban J connectivity index is 2.60. The van der Waals surface area contributed by atoms with Crippen molar-refractivity contribution in [2.24, 2.45) is 5.10 Å². The smallest absolute Gasteiger partial charge is 0.329 e. The van der Waals surface area contributed by atoms with Gasteiger partial charge in [-0.1, -0.05) is 6.07 Å². The number of nitrogens with one attached hydrogen (secondary N) is 3. The maximum atomic E-state index is 12.1. The molecule has 0 fully saturated rings. The van der Waals surface area contributed by atoms with Crippen LogP contribution in [-0.4, -0.2) is 36.6 Å². The van der Waals surface area contributed by atoms with E-state index in [9.17, 15) is 14.4 Å². The van der Waals surface area contributed by atoms with Crippen molar-refractivity contribution in [2.75, 3.05) is 12.4 Å². The van der Waals surface area contributed by atoms with Crippen LogP contribution in [-0.2, 0) is 14.4 Å². The Bertz CT molecular complexity index is 683. The van der Waals surface area contributed by atoms with Crippen molar-refractivity contribution < 1.29 is 19.1 Å². The summed E-state index contributed by atoms with van der Waals surface area (Å²) in [5.74, 6) is -1.42. The van der Waals surface area contributed by atoms with E-state index in [1.54, 1.807) is 32.9 Å². The molecule has 0 spiro atoms. The first-order valence-corrected chi connectivity index (χ1v) is 7.81. The Morgan fingerprint density at radius 2 is 1.88 bits per heavy atom. The number of aryl methyl sites for hydroxylation is 1. The molecule has 0 unspecified atom stereocenters. The molecule has 1 rings (SSSR count). The number of ether oxygens (including phenoxy) is 1. The summed E-state index contributed by atoms with van der Waals surface area (Å²) in [6, 6.07) is 5.28. The molecule has 8 heteroatoms. The fourth-order valence-corrected chi connectivity index (χ4v) is 1.91. The molecule has 0 atom stereocenters. The van der Waals surface area contributed by atoms with Crippen molar-refractivity contribution >= 4 is 29.1 Å². The fourth-order valence-electron chi connectivity index (χ4n) is 1.91. The maximum absolute atomic E-state index is 12.1. The van der Waals surface area contributed by atoms with E-state index in [0.29, 0.717) is 17.1 Å². The van der Waals surface area contributed by atoms with Gasteiger partial charge in [-0.05, 0) is 45.4 Å². The van der Waals surface area contributed by atoms with Crippen molar-refractivity contribution in [1.82, 2.24) is 10.7 Å². The fraction of sp³-hybridized carbons (Fsp3) is 0.412. The largest absolute Gasteiger partial charge is 0.495 e. The van der Waals surface area contributed by atoms with Crippen molar-refractivity contribution in [3.05, 3.63) is 23.8 Å². The van der Waals surface area contributed by atoms with E-state index in [1.807, 2.05) is 13.0 Å². The van der Waals surface area contributed by atoms with Gasteiger partial charge in [-0.3, -0.25) is 14.4 Å². The van der Waals surface area contributed by atoms with E-state index in [0.717, 1.165) is 5.56 Å². The highest BCUT2D eigenvalue weighted by atomic mass is 16.5. The molecule has 8 nitrogen and oxygen atoms in total. The van der Waals surface area contributed by atoms with Gasteiger partial charge in [0.25, 0.3) is 0 Å². The zero-order valence-electron chi connectivity index (χ0n) is 15.1. The standard InChI is InChI=1S/C17H24N4O4/c1-10(2)18-16(23)17(24)21-20-12(4)9-15(22)19-13-8-11(3)6-7-14(13)25-5/h6-8,10H,9H2,1-5H3,(H,18,23)(H,19,22)(H,21,24). The average molecular weight is 348 g/mol. The first kappa shape index (κ1) is 20.1. The number of carbonyl (C=O) groups is 3. The number of rotatable bonds is 6. The van der Waals surface area contributed by atoms with Crippen molar-refractivity contribution in [3.8, 4) is 5.75 Å². The number of amides is 3. The van der Waals surface area contributed by atoms with Crippen molar-refractivity contribution in [3.63, 3.8) is 0 Å². The van der Waals surface area contributed by atoms with Crippen LogP contribution in [0.25, 0.3) is 0 Å². The number of hydrogen-bond acceptors (Lipinski definition) is 5. The zero-order chi connectivity index (χ0) is 19.0. The highest BCUT2D eigenvalue weighted by Gasteiger charge is 2.14. The van der Waals surface area contributed by atoms with Gasteiger partial charge in [0.1, 0.15) is 5.75 Å². The van der Waals surface area contributed by atoms with E-state index < -0.39 is 11.8 Å². The van der Waals surface area contributed by atoms with Crippen LogP contribution in [0.5, 0.6) is 5.75 Å². The predicted octanol–water partition coefficient (Wildman–Crippen LogP) is 1.35. The van der Waals surface area contributed by atoms with Gasteiger partial charge in [0.05, 0.1) is 19.2 Å². The molecule has 1 aromatic carbocycles. The molecule has 0 aliphatic heterocycles. The summed E-state index contributed by atoms with van der Waals surface area (Å²) in [6.45, 7) is 6.96. The second-order valence-electron chi connectivity index (χ2n) is 5.84. The molecule has 0 bridgehead atoms. The van der Waals surface area contributed by atoms with Crippen molar-refractivity contribution in [1.29, 1.82) is 0 Å². The molecule has 0 saturated carbocycles. The van der Waals surface area contributed by atoms with Gasteiger partial charge in [-0.2, -0.15) is 5.10 Å². The summed E-state index contributed by atoms with van der Waals surface area (Å²) in [5, 5.41) is 8.94. The molecule has 0 heterocycles. The summed E-state index contributed by atoms with van der Waals surface area (Å²) in [7, 11) is 1.52. The molecule has 0 saturated heterocycles. The molecular weight excluding hydrogens is 324 g/mol. The lowest BCUT2D eigenvalue weighted by molar-refractivity contribution is -0.139. The summed E-state index contributed by atoms with van der Waals surface area (Å²) in [5.41, 5.74) is 4.01. The molecular formula is C17H24N4O4. The minimum Gasteiger partial charge on any atom is -0.495 e. The third-order valence-electron chi connectivity index (χ3n) is 3.02. The second kappa shape index (κ2) is 9.41. The molecule has 0 aliphatic carbocycles. The minimum atomic E-state index is -0.881. The Morgan fingerprint density at radius 1 is 1.20 bits per heavy atom. The van der Waals surface area contributed by atoms with Gasteiger partial charge in [0, 0.05) is 11.8 Å². The monoisotopic (exact) mass is 348 g/mol. The van der Waals surface area contributed by atoms with Crippen LogP contribution < -0.4 is 20.8 Å². The second-order valence-corrected chi connectivity index (χ2v) is 5.84. The van der Waals surface area contributed by atoms with Crippen LogP contribution in [0.4, 0.5) is 5.69 Å². The highest BCUT2D eigenvalue weighted by molar-refractivity contribution is 6.35. The normalized spacial score (nSPS) is 11.0. The molecule has 25 heavy (non-hydrogen) atoms. The van der Waals surface area contributed by atoms with Crippen LogP contribution in [0.1, 0.15) is 32.8 Å². The Hall–Kier alpha value is -2.90. The number of carbonyl (C=O) groups excluding carboxylic acids is 3. The van der Waals surface area contributed by atoms with Crippen LogP contribution in [0.3, 0.4) is 0 Å². The average Bonchev–Trinajstić information content (AvgIpc) is 2.52. The molecule has 0 radical (unpaired) electrons.